The fourth-order valence-electron chi connectivity index (χ4n) is 4.73. The number of aromatic nitrogens is 4. The molecule has 3 aromatic rings. The molecular formula is C26H29N7O2. The monoisotopic (exact) mass is 471 g/mol. The van der Waals surface area contributed by atoms with Crippen LogP contribution in [-0.2, 0) is 9.59 Å². The van der Waals surface area contributed by atoms with Gasteiger partial charge in [0.05, 0.1) is 0 Å². The quantitative estimate of drug-likeness (QED) is 0.451. The predicted molar refractivity (Wildman–Crippen MR) is 135 cm³/mol. The standard InChI is InChI=1S/C26H29N7O2/c1-2-21(34)30-20-12-10-18(11-13-20)24-23(25-26(27)28-15-29-33(25)32-24)17-8-6-16(7-9-17)14-22(35)31-19-4-3-5-19/h2,8,10-13,15-16,19H,1,3-7,9,14H2,(H,30,34)(H,31,35)(H2,27,28,29). The number of benzene rings is 1. The van der Waals surface area contributed by atoms with Gasteiger partial charge in [-0.15, -0.1) is 14.8 Å². The first-order valence-electron chi connectivity index (χ1n) is 12.0. The van der Waals surface area contributed by atoms with E-state index in [9.17, 15) is 9.59 Å². The van der Waals surface area contributed by atoms with Gasteiger partial charge >= 0.3 is 0 Å². The van der Waals surface area contributed by atoms with E-state index in [1.54, 1.807) is 0 Å². The first kappa shape index (κ1) is 22.8. The number of nitrogens with two attached hydrogens (primary N) is 1. The molecule has 0 aliphatic heterocycles. The number of anilines is 2. The van der Waals surface area contributed by atoms with Crippen LogP contribution in [0.25, 0.3) is 22.3 Å². The summed E-state index contributed by atoms with van der Waals surface area (Å²) >= 11 is 0. The van der Waals surface area contributed by atoms with Crippen LogP contribution in [0.3, 0.4) is 0 Å². The molecule has 2 heterocycles. The van der Waals surface area contributed by atoms with E-state index in [4.69, 9.17) is 10.8 Å². The lowest BCUT2D eigenvalue weighted by Crippen LogP contribution is -2.40. The zero-order valence-corrected chi connectivity index (χ0v) is 19.5. The van der Waals surface area contributed by atoms with Gasteiger partial charge in [0, 0.05) is 29.3 Å². The number of nitrogens with one attached hydrogen (secondary N) is 2. The van der Waals surface area contributed by atoms with Crippen molar-refractivity contribution in [2.45, 2.75) is 51.0 Å². The Balaban J connectivity index is 1.42. The molecule has 0 radical (unpaired) electrons. The van der Waals surface area contributed by atoms with Gasteiger partial charge in [0.25, 0.3) is 0 Å². The molecule has 5 rings (SSSR count). The highest BCUT2D eigenvalue weighted by molar-refractivity contribution is 5.99. The Bertz CT molecular complexity index is 1310. The van der Waals surface area contributed by atoms with E-state index in [1.165, 1.54) is 23.5 Å². The van der Waals surface area contributed by atoms with E-state index in [0.717, 1.165) is 54.5 Å². The molecule has 2 aliphatic rings. The summed E-state index contributed by atoms with van der Waals surface area (Å²) in [6, 6.07) is 7.84. The lowest BCUT2D eigenvalue weighted by atomic mass is 9.83. The Morgan fingerprint density at radius 2 is 2.00 bits per heavy atom. The van der Waals surface area contributed by atoms with Gasteiger partial charge in [0.15, 0.2) is 5.82 Å². The second kappa shape index (κ2) is 9.69. The maximum absolute atomic E-state index is 12.4. The van der Waals surface area contributed by atoms with E-state index in [0.29, 0.717) is 35.4 Å². The molecule has 35 heavy (non-hydrogen) atoms. The minimum absolute atomic E-state index is 0.162. The highest BCUT2D eigenvalue weighted by Gasteiger charge is 2.26. The maximum atomic E-state index is 12.4. The summed E-state index contributed by atoms with van der Waals surface area (Å²) in [5.74, 6) is 0.587. The topological polar surface area (TPSA) is 127 Å². The van der Waals surface area contributed by atoms with Gasteiger partial charge in [-0.2, -0.15) is 0 Å². The minimum atomic E-state index is -0.266. The van der Waals surface area contributed by atoms with Crippen LogP contribution in [0.15, 0.2) is 49.3 Å². The lowest BCUT2D eigenvalue weighted by Gasteiger charge is -2.28. The molecule has 0 bridgehead atoms. The summed E-state index contributed by atoms with van der Waals surface area (Å²) in [5.41, 5.74) is 11.3. The van der Waals surface area contributed by atoms with Crippen LogP contribution in [-0.4, -0.2) is 37.7 Å². The third-order valence-electron chi connectivity index (χ3n) is 6.87. The van der Waals surface area contributed by atoms with Crippen LogP contribution < -0.4 is 16.4 Å². The molecule has 1 aromatic carbocycles. The normalized spacial score (nSPS) is 17.9. The van der Waals surface area contributed by atoms with Crippen LogP contribution in [0.2, 0.25) is 0 Å². The van der Waals surface area contributed by atoms with Crippen molar-refractivity contribution < 1.29 is 9.59 Å². The molecule has 0 spiro atoms. The highest BCUT2D eigenvalue weighted by Crippen LogP contribution is 2.39. The Hall–Kier alpha value is -4.01. The Morgan fingerprint density at radius 3 is 2.66 bits per heavy atom. The third-order valence-corrected chi connectivity index (χ3v) is 6.87. The molecule has 180 valence electrons. The summed E-state index contributed by atoms with van der Waals surface area (Å²) in [6.45, 7) is 3.48. The highest BCUT2D eigenvalue weighted by atomic mass is 16.2. The number of fused-ring (bicyclic) bond motifs is 1. The second-order valence-corrected chi connectivity index (χ2v) is 9.25. The molecule has 2 aliphatic carbocycles. The Morgan fingerprint density at radius 1 is 1.20 bits per heavy atom. The van der Waals surface area contributed by atoms with E-state index in [1.807, 2.05) is 24.3 Å². The van der Waals surface area contributed by atoms with E-state index < -0.39 is 0 Å². The second-order valence-electron chi connectivity index (χ2n) is 9.25. The van der Waals surface area contributed by atoms with Gasteiger partial charge in [0.1, 0.15) is 17.5 Å². The molecule has 1 fully saturated rings. The predicted octanol–water partition coefficient (Wildman–Crippen LogP) is 3.74. The third kappa shape index (κ3) is 4.80. The van der Waals surface area contributed by atoms with Gasteiger partial charge < -0.3 is 16.4 Å². The molecule has 1 atom stereocenters. The number of hydrogen-bond donors (Lipinski definition) is 3. The van der Waals surface area contributed by atoms with Crippen LogP contribution in [0.1, 0.15) is 50.5 Å². The first-order chi connectivity index (χ1) is 17.0. The summed E-state index contributed by atoms with van der Waals surface area (Å²) < 4.78 is 1.53. The zero-order valence-electron chi connectivity index (χ0n) is 19.5. The lowest BCUT2D eigenvalue weighted by molar-refractivity contribution is -0.123. The van der Waals surface area contributed by atoms with E-state index in [2.05, 4.69) is 33.4 Å². The summed E-state index contributed by atoms with van der Waals surface area (Å²) in [6.07, 6.45) is 11.4. The van der Waals surface area contributed by atoms with Gasteiger partial charge in [-0.25, -0.2) is 4.98 Å². The van der Waals surface area contributed by atoms with Crippen molar-refractivity contribution >= 4 is 34.4 Å². The number of allylic oxidation sites excluding steroid dienone is 2. The van der Waals surface area contributed by atoms with Crippen LogP contribution >= 0.6 is 0 Å². The molecule has 9 nitrogen and oxygen atoms in total. The number of carbonyl (C=O) groups is 2. The van der Waals surface area contributed by atoms with Gasteiger partial charge in [-0.05, 0) is 68.2 Å². The minimum Gasteiger partial charge on any atom is -0.382 e. The van der Waals surface area contributed by atoms with E-state index >= 15 is 0 Å². The molecule has 2 amide bonds. The van der Waals surface area contributed by atoms with Crippen molar-refractivity contribution in [1.82, 2.24) is 25.1 Å². The number of amides is 2. The molecular weight excluding hydrogens is 442 g/mol. The van der Waals surface area contributed by atoms with Crippen LogP contribution in [0.5, 0.6) is 0 Å². The molecule has 0 saturated heterocycles. The van der Waals surface area contributed by atoms with Crippen molar-refractivity contribution in [1.29, 1.82) is 0 Å². The van der Waals surface area contributed by atoms with Crippen molar-refractivity contribution in [3.8, 4) is 11.3 Å². The van der Waals surface area contributed by atoms with Crippen LogP contribution in [0, 0.1) is 5.92 Å². The maximum Gasteiger partial charge on any atom is 0.247 e. The largest absolute Gasteiger partial charge is 0.382 e. The fourth-order valence-corrected chi connectivity index (χ4v) is 4.73. The van der Waals surface area contributed by atoms with Crippen molar-refractivity contribution in [2.75, 3.05) is 11.1 Å². The Kier molecular flexibility index (Phi) is 6.31. The molecule has 1 saturated carbocycles. The van der Waals surface area contributed by atoms with Crippen molar-refractivity contribution in [2.24, 2.45) is 5.92 Å². The number of nitrogen functional groups attached to an aromatic ring is 1. The van der Waals surface area contributed by atoms with Gasteiger partial charge in [-0.1, -0.05) is 24.8 Å². The average Bonchev–Trinajstić information content (AvgIpc) is 3.23. The van der Waals surface area contributed by atoms with Crippen molar-refractivity contribution in [3.63, 3.8) is 0 Å². The van der Waals surface area contributed by atoms with Gasteiger partial charge in [0.2, 0.25) is 11.8 Å². The number of rotatable bonds is 7. The van der Waals surface area contributed by atoms with Gasteiger partial charge in [-0.3, -0.25) is 9.59 Å². The number of hydrogen-bond acceptors (Lipinski definition) is 6. The average molecular weight is 472 g/mol. The Labute approximate surface area is 203 Å². The molecule has 2 aromatic heterocycles. The summed E-state index contributed by atoms with van der Waals surface area (Å²) in [5, 5.41) is 14.9. The van der Waals surface area contributed by atoms with Crippen LogP contribution in [0.4, 0.5) is 11.5 Å². The van der Waals surface area contributed by atoms with E-state index in [-0.39, 0.29) is 11.8 Å². The molecule has 4 N–H and O–H groups in total. The zero-order chi connectivity index (χ0) is 24.4. The SMILES string of the molecule is C=CC(=O)Nc1ccc(-c2nn3ncnc(N)c3c2C2=CCC(CC(=O)NC3CCC3)CC2)cc1. The smallest absolute Gasteiger partial charge is 0.247 e. The molecule has 9 heteroatoms. The fraction of sp³-hybridized carbons (Fsp3) is 0.346. The summed E-state index contributed by atoms with van der Waals surface area (Å²) in [7, 11) is 0. The molecule has 1 unspecified atom stereocenters. The number of carbonyl (C=O) groups excluding carboxylic acids is 2. The first-order valence-corrected chi connectivity index (χ1v) is 12.0. The number of nitrogens with zero attached hydrogens (tertiary/aromatic N) is 4. The van der Waals surface area contributed by atoms with Crippen molar-refractivity contribution in [3.05, 3.63) is 54.9 Å². The summed E-state index contributed by atoms with van der Waals surface area (Å²) in [4.78, 5) is 28.2.